The Morgan fingerprint density at radius 3 is 2.68 bits per heavy atom. The van der Waals surface area contributed by atoms with E-state index in [4.69, 9.17) is 6.42 Å². The second-order valence-electron chi connectivity index (χ2n) is 4.87. The first-order valence-electron chi connectivity index (χ1n) is 6.88. The summed E-state index contributed by atoms with van der Waals surface area (Å²) >= 11 is 0. The zero-order chi connectivity index (χ0) is 13.5. The number of amides is 1. The lowest BCUT2D eigenvalue weighted by atomic mass is 10.2. The van der Waals surface area contributed by atoms with Gasteiger partial charge in [-0.25, -0.2) is 0 Å². The monoisotopic (exact) mass is 256 g/mol. The van der Waals surface area contributed by atoms with Crippen LogP contribution in [-0.2, 0) is 4.79 Å². The van der Waals surface area contributed by atoms with E-state index in [0.29, 0.717) is 6.54 Å². The van der Waals surface area contributed by atoms with Crippen LogP contribution in [0.5, 0.6) is 0 Å². The molecule has 0 aromatic heterocycles. The van der Waals surface area contributed by atoms with E-state index in [1.165, 1.54) is 12.8 Å². The van der Waals surface area contributed by atoms with Crippen LogP contribution in [0.15, 0.2) is 24.3 Å². The third-order valence-electron chi connectivity index (χ3n) is 3.43. The van der Waals surface area contributed by atoms with E-state index in [9.17, 15) is 4.79 Å². The Hall–Kier alpha value is -1.95. The first-order valence-corrected chi connectivity index (χ1v) is 6.88. The van der Waals surface area contributed by atoms with Crippen LogP contribution < -0.4 is 5.32 Å². The van der Waals surface area contributed by atoms with Gasteiger partial charge < -0.3 is 10.2 Å². The van der Waals surface area contributed by atoms with Crippen LogP contribution in [0.4, 0.5) is 5.69 Å². The Bertz CT molecular complexity index is 468. The first-order chi connectivity index (χ1) is 9.29. The van der Waals surface area contributed by atoms with Crippen molar-refractivity contribution in [3.05, 3.63) is 29.8 Å². The molecular weight excluding hydrogens is 236 g/mol. The Kier molecular flexibility index (Phi) is 4.85. The van der Waals surface area contributed by atoms with E-state index in [-0.39, 0.29) is 5.91 Å². The molecule has 100 valence electrons. The van der Waals surface area contributed by atoms with Gasteiger partial charge in [0.15, 0.2) is 0 Å². The standard InChI is InChI=1S/C16H20N2O/c1-2-14-8-7-9-15(12-14)17-13-16(19)18-10-5-3-4-6-11-18/h1,7-9,12,17H,3-6,10-11,13H2. The molecule has 1 fully saturated rings. The number of carbonyl (C=O) groups is 1. The van der Waals surface area contributed by atoms with E-state index in [1.807, 2.05) is 29.2 Å². The molecule has 19 heavy (non-hydrogen) atoms. The van der Waals surface area contributed by atoms with Gasteiger partial charge in [-0.05, 0) is 31.0 Å². The highest BCUT2D eigenvalue weighted by atomic mass is 16.2. The number of nitrogens with zero attached hydrogens (tertiary/aromatic N) is 1. The Balaban J connectivity index is 1.87. The Morgan fingerprint density at radius 2 is 2.00 bits per heavy atom. The molecule has 1 aliphatic rings. The van der Waals surface area contributed by atoms with E-state index in [2.05, 4.69) is 11.2 Å². The summed E-state index contributed by atoms with van der Waals surface area (Å²) in [4.78, 5) is 14.1. The smallest absolute Gasteiger partial charge is 0.241 e. The Morgan fingerprint density at radius 1 is 1.26 bits per heavy atom. The number of anilines is 1. The van der Waals surface area contributed by atoms with Crippen LogP contribution in [0, 0.1) is 12.3 Å². The third kappa shape index (κ3) is 4.03. The van der Waals surface area contributed by atoms with Gasteiger partial charge in [-0.15, -0.1) is 6.42 Å². The van der Waals surface area contributed by atoms with Crippen molar-refractivity contribution in [2.45, 2.75) is 25.7 Å². The highest BCUT2D eigenvalue weighted by Crippen LogP contribution is 2.12. The molecule has 0 atom stereocenters. The minimum absolute atomic E-state index is 0.174. The summed E-state index contributed by atoms with van der Waals surface area (Å²) in [7, 11) is 0. The average Bonchev–Trinajstić information content (AvgIpc) is 2.74. The van der Waals surface area contributed by atoms with Crippen LogP contribution in [-0.4, -0.2) is 30.4 Å². The largest absolute Gasteiger partial charge is 0.376 e. The predicted molar refractivity (Wildman–Crippen MR) is 77.9 cm³/mol. The summed E-state index contributed by atoms with van der Waals surface area (Å²) in [6, 6.07) is 7.59. The molecule has 0 unspecified atom stereocenters. The number of terminal acetylenes is 1. The predicted octanol–water partition coefficient (Wildman–Crippen LogP) is 2.48. The van der Waals surface area contributed by atoms with Gasteiger partial charge in [0.05, 0.1) is 6.54 Å². The number of hydrogen-bond donors (Lipinski definition) is 1. The van der Waals surface area contributed by atoms with Gasteiger partial charge in [0.25, 0.3) is 0 Å². The first kappa shape index (κ1) is 13.5. The van der Waals surface area contributed by atoms with Gasteiger partial charge in [-0.2, -0.15) is 0 Å². The molecule has 0 saturated carbocycles. The average molecular weight is 256 g/mol. The quantitative estimate of drug-likeness (QED) is 0.843. The van der Waals surface area contributed by atoms with Crippen molar-refractivity contribution in [1.29, 1.82) is 0 Å². The molecule has 2 rings (SSSR count). The van der Waals surface area contributed by atoms with Crippen LogP contribution >= 0.6 is 0 Å². The molecule has 1 aromatic carbocycles. The minimum Gasteiger partial charge on any atom is -0.376 e. The maximum atomic E-state index is 12.1. The summed E-state index contributed by atoms with van der Waals surface area (Å²) in [5.41, 5.74) is 1.73. The third-order valence-corrected chi connectivity index (χ3v) is 3.43. The fourth-order valence-electron chi connectivity index (χ4n) is 2.33. The van der Waals surface area contributed by atoms with E-state index in [0.717, 1.165) is 37.2 Å². The number of rotatable bonds is 3. The zero-order valence-corrected chi connectivity index (χ0v) is 11.2. The van der Waals surface area contributed by atoms with Crippen molar-refractivity contribution >= 4 is 11.6 Å². The fourth-order valence-corrected chi connectivity index (χ4v) is 2.33. The summed E-state index contributed by atoms with van der Waals surface area (Å²) in [5.74, 6) is 2.77. The summed E-state index contributed by atoms with van der Waals surface area (Å²) in [6.45, 7) is 2.13. The second kappa shape index (κ2) is 6.84. The fraction of sp³-hybridized carbons (Fsp3) is 0.438. The van der Waals surface area contributed by atoms with Gasteiger partial charge >= 0.3 is 0 Å². The van der Waals surface area contributed by atoms with Gasteiger partial charge in [0, 0.05) is 24.3 Å². The molecule has 0 spiro atoms. The van der Waals surface area contributed by atoms with Crippen molar-refractivity contribution < 1.29 is 4.79 Å². The molecule has 1 aromatic rings. The van der Waals surface area contributed by atoms with Crippen LogP contribution in [0.2, 0.25) is 0 Å². The molecule has 3 nitrogen and oxygen atoms in total. The summed E-state index contributed by atoms with van der Waals surface area (Å²) < 4.78 is 0. The van der Waals surface area contributed by atoms with Crippen LogP contribution in [0.25, 0.3) is 0 Å². The van der Waals surface area contributed by atoms with Crippen molar-refractivity contribution in [3.8, 4) is 12.3 Å². The molecule has 0 bridgehead atoms. The number of nitrogens with one attached hydrogen (secondary N) is 1. The van der Waals surface area contributed by atoms with Gasteiger partial charge in [-0.3, -0.25) is 4.79 Å². The molecular formula is C16H20N2O. The SMILES string of the molecule is C#Cc1cccc(NCC(=O)N2CCCCCC2)c1. The summed E-state index contributed by atoms with van der Waals surface area (Å²) in [5, 5.41) is 3.15. The maximum absolute atomic E-state index is 12.1. The number of benzene rings is 1. The molecule has 1 N–H and O–H groups in total. The van der Waals surface area contributed by atoms with E-state index < -0.39 is 0 Å². The number of hydrogen-bond acceptors (Lipinski definition) is 2. The molecule has 1 saturated heterocycles. The van der Waals surface area contributed by atoms with Gasteiger partial charge in [0.2, 0.25) is 5.91 Å². The van der Waals surface area contributed by atoms with Crippen molar-refractivity contribution in [2.75, 3.05) is 25.0 Å². The van der Waals surface area contributed by atoms with Crippen LogP contribution in [0.3, 0.4) is 0 Å². The summed E-state index contributed by atoms with van der Waals surface area (Å²) in [6.07, 6.45) is 10.1. The number of likely N-dealkylation sites (tertiary alicyclic amines) is 1. The lowest BCUT2D eigenvalue weighted by Crippen LogP contribution is -2.36. The molecule has 1 aliphatic heterocycles. The number of carbonyl (C=O) groups excluding carboxylic acids is 1. The molecule has 3 heteroatoms. The molecule has 0 radical (unpaired) electrons. The zero-order valence-electron chi connectivity index (χ0n) is 11.2. The Labute approximate surface area is 115 Å². The highest BCUT2D eigenvalue weighted by Gasteiger charge is 2.14. The maximum Gasteiger partial charge on any atom is 0.241 e. The molecule has 0 aliphatic carbocycles. The topological polar surface area (TPSA) is 32.3 Å². The van der Waals surface area contributed by atoms with Crippen LogP contribution in [0.1, 0.15) is 31.2 Å². The van der Waals surface area contributed by atoms with Gasteiger partial charge in [-0.1, -0.05) is 24.8 Å². The lowest BCUT2D eigenvalue weighted by Gasteiger charge is -2.20. The van der Waals surface area contributed by atoms with Crippen molar-refractivity contribution in [1.82, 2.24) is 4.90 Å². The lowest BCUT2D eigenvalue weighted by molar-refractivity contribution is -0.129. The highest BCUT2D eigenvalue weighted by molar-refractivity contribution is 5.81. The van der Waals surface area contributed by atoms with E-state index >= 15 is 0 Å². The molecule has 1 amide bonds. The molecule has 1 heterocycles. The normalized spacial score (nSPS) is 15.4. The van der Waals surface area contributed by atoms with Gasteiger partial charge in [0.1, 0.15) is 0 Å². The minimum atomic E-state index is 0.174. The van der Waals surface area contributed by atoms with Crippen molar-refractivity contribution in [2.24, 2.45) is 0 Å². The second-order valence-corrected chi connectivity index (χ2v) is 4.87. The van der Waals surface area contributed by atoms with Crippen molar-refractivity contribution in [3.63, 3.8) is 0 Å². The van der Waals surface area contributed by atoms with E-state index in [1.54, 1.807) is 0 Å².